The first-order chi connectivity index (χ1) is 7.24. The maximum absolute atomic E-state index is 5.56. The average Bonchev–Trinajstić information content (AvgIpc) is 2.28. The van der Waals surface area contributed by atoms with E-state index in [0.29, 0.717) is 12.5 Å². The van der Waals surface area contributed by atoms with E-state index < -0.39 is 0 Å². The van der Waals surface area contributed by atoms with E-state index in [1.807, 2.05) is 31.2 Å². The Morgan fingerprint density at radius 2 is 2.13 bits per heavy atom. The number of ether oxygens (including phenoxy) is 1. The summed E-state index contributed by atoms with van der Waals surface area (Å²) in [5.74, 6) is 1.22. The zero-order chi connectivity index (χ0) is 11.3. The molecule has 0 saturated heterocycles. The van der Waals surface area contributed by atoms with Gasteiger partial charge in [-0.05, 0) is 24.5 Å². The van der Waals surface area contributed by atoms with Crippen molar-refractivity contribution in [3.63, 3.8) is 0 Å². The lowest BCUT2D eigenvalue weighted by atomic mass is 9.95. The van der Waals surface area contributed by atoms with Crippen molar-refractivity contribution in [2.75, 3.05) is 6.61 Å². The molecule has 0 aliphatic carbocycles. The minimum atomic E-state index is 0.318. The van der Waals surface area contributed by atoms with Crippen LogP contribution in [0.3, 0.4) is 0 Å². The number of hydrogen-bond acceptors (Lipinski definition) is 1. The maximum Gasteiger partial charge on any atom is 0.126 e. The summed E-state index contributed by atoms with van der Waals surface area (Å²) in [6.45, 7) is 12.4. The Balaban J connectivity index is 3.20. The number of benzene rings is 1. The first kappa shape index (κ1) is 11.6. The van der Waals surface area contributed by atoms with E-state index in [9.17, 15) is 0 Å². The Bertz CT molecular complexity index is 352. The van der Waals surface area contributed by atoms with Crippen molar-refractivity contribution in [1.82, 2.24) is 0 Å². The van der Waals surface area contributed by atoms with E-state index >= 15 is 0 Å². The van der Waals surface area contributed by atoms with Gasteiger partial charge < -0.3 is 4.74 Å². The van der Waals surface area contributed by atoms with Crippen LogP contribution in [0, 0.1) is 0 Å². The van der Waals surface area contributed by atoms with Gasteiger partial charge in [0.2, 0.25) is 0 Å². The van der Waals surface area contributed by atoms with Crippen LogP contribution in [-0.2, 0) is 0 Å². The summed E-state index contributed by atoms with van der Waals surface area (Å²) in [5, 5.41) is 0. The molecule has 0 bridgehead atoms. The van der Waals surface area contributed by atoms with Crippen molar-refractivity contribution in [2.45, 2.75) is 19.8 Å². The molecule has 80 valence electrons. The lowest BCUT2D eigenvalue weighted by Gasteiger charge is -2.14. The van der Waals surface area contributed by atoms with Gasteiger partial charge in [-0.15, -0.1) is 6.58 Å². The molecular weight excluding hydrogens is 184 g/mol. The van der Waals surface area contributed by atoms with Gasteiger partial charge in [-0.2, -0.15) is 0 Å². The minimum Gasteiger partial charge on any atom is -0.493 e. The highest BCUT2D eigenvalue weighted by Crippen LogP contribution is 2.29. The van der Waals surface area contributed by atoms with Crippen LogP contribution in [-0.4, -0.2) is 6.61 Å². The minimum absolute atomic E-state index is 0.318. The standard InChI is InChI=1S/C14H18O/c1-5-11(4)13-9-8-10-14(15-7-3)12(13)6-2/h5-6,8-11H,1-2,7H2,3-4H3. The molecule has 0 heterocycles. The quantitative estimate of drug-likeness (QED) is 0.655. The summed E-state index contributed by atoms with van der Waals surface area (Å²) in [4.78, 5) is 0. The topological polar surface area (TPSA) is 9.23 Å². The van der Waals surface area contributed by atoms with Crippen molar-refractivity contribution < 1.29 is 4.74 Å². The number of allylic oxidation sites excluding steroid dienone is 1. The van der Waals surface area contributed by atoms with Crippen molar-refractivity contribution in [1.29, 1.82) is 0 Å². The molecule has 15 heavy (non-hydrogen) atoms. The molecule has 0 spiro atoms. The predicted octanol–water partition coefficient (Wildman–Crippen LogP) is 4.02. The molecular formula is C14H18O. The van der Waals surface area contributed by atoms with Crippen LogP contribution >= 0.6 is 0 Å². The maximum atomic E-state index is 5.56. The highest BCUT2D eigenvalue weighted by Gasteiger charge is 2.09. The Labute approximate surface area is 92.1 Å². The fourth-order valence-electron chi connectivity index (χ4n) is 1.58. The van der Waals surface area contributed by atoms with Crippen molar-refractivity contribution >= 4 is 6.08 Å². The zero-order valence-electron chi connectivity index (χ0n) is 9.49. The van der Waals surface area contributed by atoms with E-state index in [2.05, 4.69) is 26.1 Å². The Morgan fingerprint density at radius 1 is 1.40 bits per heavy atom. The highest BCUT2D eigenvalue weighted by molar-refractivity contribution is 5.61. The van der Waals surface area contributed by atoms with Crippen LogP contribution in [0.1, 0.15) is 30.9 Å². The fraction of sp³-hybridized carbons (Fsp3) is 0.286. The summed E-state index contributed by atoms with van der Waals surface area (Å²) < 4.78 is 5.56. The third-order valence-corrected chi connectivity index (χ3v) is 2.45. The van der Waals surface area contributed by atoms with Crippen LogP contribution in [0.4, 0.5) is 0 Å². The molecule has 0 N–H and O–H groups in total. The average molecular weight is 202 g/mol. The molecule has 0 fully saturated rings. The van der Waals surface area contributed by atoms with Crippen molar-refractivity contribution in [3.05, 3.63) is 48.6 Å². The van der Waals surface area contributed by atoms with Crippen LogP contribution < -0.4 is 4.74 Å². The van der Waals surface area contributed by atoms with Gasteiger partial charge in [0.15, 0.2) is 0 Å². The molecule has 1 heteroatoms. The molecule has 1 rings (SSSR count). The van der Waals surface area contributed by atoms with Crippen molar-refractivity contribution in [3.8, 4) is 5.75 Å². The Hall–Kier alpha value is -1.50. The van der Waals surface area contributed by atoms with Gasteiger partial charge in [0.05, 0.1) is 6.61 Å². The molecule has 0 amide bonds. The monoisotopic (exact) mass is 202 g/mol. The highest BCUT2D eigenvalue weighted by atomic mass is 16.5. The summed E-state index contributed by atoms with van der Waals surface area (Å²) >= 11 is 0. The lowest BCUT2D eigenvalue weighted by Crippen LogP contribution is -1.99. The second-order valence-electron chi connectivity index (χ2n) is 3.42. The normalized spacial score (nSPS) is 11.9. The molecule has 0 aliphatic heterocycles. The van der Waals surface area contributed by atoms with Crippen LogP contribution in [0.25, 0.3) is 6.08 Å². The van der Waals surface area contributed by atoms with E-state index in [-0.39, 0.29) is 0 Å². The summed E-state index contributed by atoms with van der Waals surface area (Å²) in [5.41, 5.74) is 2.29. The number of hydrogen-bond donors (Lipinski definition) is 0. The van der Waals surface area contributed by atoms with Gasteiger partial charge in [0.25, 0.3) is 0 Å². The molecule has 1 nitrogen and oxygen atoms in total. The van der Waals surface area contributed by atoms with Crippen LogP contribution in [0.5, 0.6) is 5.75 Å². The summed E-state index contributed by atoms with van der Waals surface area (Å²) in [6.07, 6.45) is 3.78. The SMILES string of the molecule is C=Cc1c(OCC)cccc1C(C)C=C. The third-order valence-electron chi connectivity index (χ3n) is 2.45. The van der Waals surface area contributed by atoms with Gasteiger partial charge in [0.1, 0.15) is 5.75 Å². The van der Waals surface area contributed by atoms with Crippen LogP contribution in [0.15, 0.2) is 37.4 Å². The number of rotatable bonds is 5. The Kier molecular flexibility index (Phi) is 4.17. The molecule has 1 aromatic rings. The zero-order valence-corrected chi connectivity index (χ0v) is 9.49. The second kappa shape index (κ2) is 5.40. The fourth-order valence-corrected chi connectivity index (χ4v) is 1.58. The first-order valence-electron chi connectivity index (χ1n) is 5.25. The second-order valence-corrected chi connectivity index (χ2v) is 3.42. The summed E-state index contributed by atoms with van der Waals surface area (Å²) in [7, 11) is 0. The largest absolute Gasteiger partial charge is 0.493 e. The molecule has 0 saturated carbocycles. The first-order valence-corrected chi connectivity index (χ1v) is 5.25. The van der Waals surface area contributed by atoms with Gasteiger partial charge >= 0.3 is 0 Å². The third kappa shape index (κ3) is 2.50. The lowest BCUT2D eigenvalue weighted by molar-refractivity contribution is 0.339. The van der Waals surface area contributed by atoms with Gasteiger partial charge in [-0.3, -0.25) is 0 Å². The van der Waals surface area contributed by atoms with E-state index in [0.717, 1.165) is 11.3 Å². The smallest absolute Gasteiger partial charge is 0.126 e. The van der Waals surface area contributed by atoms with Gasteiger partial charge in [-0.25, -0.2) is 0 Å². The Morgan fingerprint density at radius 3 is 2.67 bits per heavy atom. The van der Waals surface area contributed by atoms with Crippen LogP contribution in [0.2, 0.25) is 0 Å². The van der Waals surface area contributed by atoms with E-state index in [1.54, 1.807) is 0 Å². The molecule has 0 aliphatic rings. The molecule has 1 aromatic carbocycles. The summed E-state index contributed by atoms with van der Waals surface area (Å²) in [6, 6.07) is 6.07. The van der Waals surface area contributed by atoms with E-state index in [1.165, 1.54) is 5.56 Å². The van der Waals surface area contributed by atoms with Crippen molar-refractivity contribution in [2.24, 2.45) is 0 Å². The molecule has 0 radical (unpaired) electrons. The molecule has 1 unspecified atom stereocenters. The molecule has 1 atom stereocenters. The predicted molar refractivity (Wildman–Crippen MR) is 66.3 cm³/mol. The van der Waals surface area contributed by atoms with Gasteiger partial charge in [0, 0.05) is 5.56 Å². The van der Waals surface area contributed by atoms with Gasteiger partial charge in [-0.1, -0.05) is 37.8 Å². The van der Waals surface area contributed by atoms with E-state index in [4.69, 9.17) is 4.74 Å². The molecule has 0 aromatic heterocycles.